The zero-order valence-corrected chi connectivity index (χ0v) is 14.7. The van der Waals surface area contributed by atoms with Crippen LogP contribution in [0.5, 0.6) is 0 Å². The van der Waals surface area contributed by atoms with Gasteiger partial charge in [-0.1, -0.05) is 42.5 Å². The van der Waals surface area contributed by atoms with Crippen LogP contribution in [0.4, 0.5) is 4.79 Å². The molecule has 0 aliphatic heterocycles. The highest BCUT2D eigenvalue weighted by Gasteiger charge is 2.19. The van der Waals surface area contributed by atoms with E-state index in [1.165, 1.54) is 12.1 Å². The number of hydrogen-bond acceptors (Lipinski definition) is 6. The summed E-state index contributed by atoms with van der Waals surface area (Å²) in [5.41, 5.74) is 3.51. The van der Waals surface area contributed by atoms with E-state index < -0.39 is 24.2 Å². The SMILES string of the molecule is NNC(=O)c1cccc(C(O)C(O)CCNC(=O)OCc2ccccc2)c1. The fourth-order valence-corrected chi connectivity index (χ4v) is 2.42. The van der Waals surface area contributed by atoms with Crippen molar-refractivity contribution in [1.29, 1.82) is 0 Å². The third kappa shape index (κ3) is 6.37. The molecule has 2 unspecified atom stereocenters. The average molecular weight is 373 g/mol. The molecule has 144 valence electrons. The van der Waals surface area contributed by atoms with Crippen LogP contribution in [0.25, 0.3) is 0 Å². The van der Waals surface area contributed by atoms with Crippen molar-refractivity contribution in [2.75, 3.05) is 6.54 Å². The molecule has 0 aliphatic rings. The van der Waals surface area contributed by atoms with Gasteiger partial charge in [0.25, 0.3) is 5.91 Å². The summed E-state index contributed by atoms with van der Waals surface area (Å²) in [6.07, 6.45) is -2.84. The Kier molecular flexibility index (Phi) is 7.75. The topological polar surface area (TPSA) is 134 Å². The molecular weight excluding hydrogens is 350 g/mol. The molecule has 0 heterocycles. The number of benzene rings is 2. The molecule has 0 aliphatic carbocycles. The van der Waals surface area contributed by atoms with Gasteiger partial charge in [-0.2, -0.15) is 0 Å². The van der Waals surface area contributed by atoms with Crippen molar-refractivity contribution in [3.63, 3.8) is 0 Å². The van der Waals surface area contributed by atoms with E-state index in [0.29, 0.717) is 5.56 Å². The maximum atomic E-state index is 11.7. The first kappa shape index (κ1) is 20.4. The molecule has 0 saturated heterocycles. The molecule has 8 nitrogen and oxygen atoms in total. The van der Waals surface area contributed by atoms with Gasteiger partial charge in [0.05, 0.1) is 6.10 Å². The molecule has 0 fully saturated rings. The first-order chi connectivity index (χ1) is 13.0. The molecule has 2 atom stereocenters. The Morgan fingerprint density at radius 2 is 1.81 bits per heavy atom. The van der Waals surface area contributed by atoms with E-state index >= 15 is 0 Å². The number of nitrogens with one attached hydrogen (secondary N) is 2. The normalized spacial score (nSPS) is 12.7. The average Bonchev–Trinajstić information content (AvgIpc) is 2.71. The monoisotopic (exact) mass is 373 g/mol. The molecule has 2 aromatic carbocycles. The van der Waals surface area contributed by atoms with Crippen LogP contribution in [0.1, 0.15) is 34.0 Å². The molecule has 8 heteroatoms. The predicted molar refractivity (Wildman–Crippen MR) is 98.3 cm³/mol. The lowest BCUT2D eigenvalue weighted by atomic mass is 10.00. The van der Waals surface area contributed by atoms with Crippen LogP contribution < -0.4 is 16.6 Å². The molecular formula is C19H23N3O5. The summed E-state index contributed by atoms with van der Waals surface area (Å²) in [6, 6.07) is 15.4. The molecule has 27 heavy (non-hydrogen) atoms. The first-order valence-corrected chi connectivity index (χ1v) is 8.43. The van der Waals surface area contributed by atoms with Gasteiger partial charge in [0.2, 0.25) is 0 Å². The third-order valence-corrected chi connectivity index (χ3v) is 3.91. The van der Waals surface area contributed by atoms with Crippen molar-refractivity contribution in [2.24, 2.45) is 5.84 Å². The lowest BCUT2D eigenvalue weighted by Gasteiger charge is -2.19. The molecule has 0 bridgehead atoms. The number of nitrogen functional groups attached to an aromatic ring is 1. The summed E-state index contributed by atoms with van der Waals surface area (Å²) in [5.74, 6) is 4.58. The second kappa shape index (κ2) is 10.3. The van der Waals surface area contributed by atoms with Gasteiger partial charge in [0.15, 0.2) is 0 Å². The minimum Gasteiger partial charge on any atom is -0.445 e. The van der Waals surface area contributed by atoms with Crippen molar-refractivity contribution in [3.8, 4) is 0 Å². The van der Waals surface area contributed by atoms with E-state index in [1.807, 2.05) is 35.8 Å². The lowest BCUT2D eigenvalue weighted by molar-refractivity contribution is 0.0136. The van der Waals surface area contributed by atoms with Crippen molar-refractivity contribution >= 4 is 12.0 Å². The second-order valence-corrected chi connectivity index (χ2v) is 5.89. The zero-order valence-electron chi connectivity index (χ0n) is 14.7. The minimum atomic E-state index is -1.21. The summed E-state index contributed by atoms with van der Waals surface area (Å²) in [6.45, 7) is 0.267. The summed E-state index contributed by atoms with van der Waals surface area (Å²) < 4.78 is 5.06. The highest BCUT2D eigenvalue weighted by molar-refractivity contribution is 5.93. The molecule has 0 aromatic heterocycles. The van der Waals surface area contributed by atoms with Gasteiger partial charge in [0.1, 0.15) is 12.7 Å². The van der Waals surface area contributed by atoms with Gasteiger partial charge in [-0.05, 0) is 29.7 Å². The number of aliphatic hydroxyl groups is 2. The van der Waals surface area contributed by atoms with Gasteiger partial charge >= 0.3 is 6.09 Å². The van der Waals surface area contributed by atoms with Crippen molar-refractivity contribution in [2.45, 2.75) is 25.2 Å². The molecule has 0 saturated carbocycles. The number of amides is 2. The number of rotatable bonds is 8. The first-order valence-electron chi connectivity index (χ1n) is 8.43. The summed E-state index contributed by atoms with van der Waals surface area (Å²) in [7, 11) is 0. The Bertz CT molecular complexity index is 754. The van der Waals surface area contributed by atoms with Crippen molar-refractivity contribution < 1.29 is 24.5 Å². The highest BCUT2D eigenvalue weighted by atomic mass is 16.5. The number of carbonyl (C=O) groups excluding carboxylic acids is 2. The van der Waals surface area contributed by atoms with E-state index in [-0.39, 0.29) is 25.1 Å². The van der Waals surface area contributed by atoms with Crippen LogP contribution in [0.15, 0.2) is 54.6 Å². The van der Waals surface area contributed by atoms with Crippen LogP contribution in [0.3, 0.4) is 0 Å². The Balaban J connectivity index is 1.77. The lowest BCUT2D eigenvalue weighted by Crippen LogP contribution is -2.31. The fourth-order valence-electron chi connectivity index (χ4n) is 2.42. The Hall–Kier alpha value is -2.94. The number of alkyl carbamates (subject to hydrolysis) is 1. The van der Waals surface area contributed by atoms with Crippen LogP contribution in [-0.4, -0.2) is 34.9 Å². The molecule has 0 spiro atoms. The number of nitrogens with two attached hydrogens (primary N) is 1. The number of hydrogen-bond donors (Lipinski definition) is 5. The van der Waals surface area contributed by atoms with Gasteiger partial charge in [-0.3, -0.25) is 10.2 Å². The third-order valence-electron chi connectivity index (χ3n) is 3.91. The summed E-state index contributed by atoms with van der Waals surface area (Å²) in [5, 5.41) is 22.9. The van der Waals surface area contributed by atoms with Crippen LogP contribution >= 0.6 is 0 Å². The van der Waals surface area contributed by atoms with Gasteiger partial charge in [0, 0.05) is 12.1 Å². The molecule has 2 rings (SSSR count). The molecule has 0 radical (unpaired) electrons. The van der Waals surface area contributed by atoms with Gasteiger partial charge < -0.3 is 20.3 Å². The fraction of sp³-hybridized carbons (Fsp3) is 0.263. The van der Waals surface area contributed by atoms with Crippen LogP contribution in [0.2, 0.25) is 0 Å². The van der Waals surface area contributed by atoms with E-state index in [1.54, 1.807) is 12.1 Å². The minimum absolute atomic E-state index is 0.106. The number of aliphatic hydroxyl groups excluding tert-OH is 2. The largest absolute Gasteiger partial charge is 0.445 e. The standard InChI is InChI=1S/C19H23N3O5/c20-22-18(25)15-8-4-7-14(11-15)17(24)16(23)9-10-21-19(26)27-12-13-5-2-1-3-6-13/h1-8,11,16-17,23-24H,9-10,12,20H2,(H,21,26)(H,22,25). The van der Waals surface area contributed by atoms with Gasteiger partial charge in [-0.25, -0.2) is 10.6 Å². The van der Waals surface area contributed by atoms with E-state index in [4.69, 9.17) is 10.6 Å². The number of ether oxygens (including phenoxy) is 1. The molecule has 2 aromatic rings. The maximum absolute atomic E-state index is 11.7. The van der Waals surface area contributed by atoms with Crippen LogP contribution in [0, 0.1) is 0 Å². The van der Waals surface area contributed by atoms with Crippen molar-refractivity contribution in [1.82, 2.24) is 10.7 Å². The Morgan fingerprint density at radius 3 is 2.52 bits per heavy atom. The molecule has 6 N–H and O–H groups in total. The number of carbonyl (C=O) groups is 2. The Labute approximate surface area is 156 Å². The highest BCUT2D eigenvalue weighted by Crippen LogP contribution is 2.20. The smallest absolute Gasteiger partial charge is 0.407 e. The van der Waals surface area contributed by atoms with Gasteiger partial charge in [-0.15, -0.1) is 0 Å². The Morgan fingerprint density at radius 1 is 1.07 bits per heavy atom. The van der Waals surface area contributed by atoms with E-state index in [0.717, 1.165) is 5.56 Å². The maximum Gasteiger partial charge on any atom is 0.407 e. The summed E-state index contributed by atoms with van der Waals surface area (Å²) >= 11 is 0. The zero-order chi connectivity index (χ0) is 19.6. The predicted octanol–water partition coefficient (Wildman–Crippen LogP) is 1.00. The van der Waals surface area contributed by atoms with E-state index in [2.05, 4.69) is 5.32 Å². The summed E-state index contributed by atoms with van der Waals surface area (Å²) in [4.78, 5) is 23.2. The quantitative estimate of drug-likeness (QED) is 0.266. The molecule has 2 amide bonds. The van der Waals surface area contributed by atoms with Crippen LogP contribution in [-0.2, 0) is 11.3 Å². The van der Waals surface area contributed by atoms with E-state index in [9.17, 15) is 19.8 Å². The second-order valence-electron chi connectivity index (χ2n) is 5.89. The van der Waals surface area contributed by atoms with Crippen molar-refractivity contribution in [3.05, 3.63) is 71.3 Å². The number of hydrazine groups is 1.